The first kappa shape index (κ1) is 39.0. The van der Waals surface area contributed by atoms with Crippen molar-refractivity contribution >= 4 is 43.6 Å². The Balaban J connectivity index is 1.05. The van der Waals surface area contributed by atoms with E-state index in [1.165, 1.54) is 0 Å². The van der Waals surface area contributed by atoms with Crippen LogP contribution >= 0.6 is 0 Å². The van der Waals surface area contributed by atoms with E-state index in [4.69, 9.17) is 29.9 Å². The molecule has 0 atom stereocenters. The average molecular weight is 871 g/mol. The fraction of sp³-hybridized carbons (Fsp3) is 0. The van der Waals surface area contributed by atoms with Gasteiger partial charge in [-0.25, -0.2) is 19.9 Å². The van der Waals surface area contributed by atoms with Gasteiger partial charge >= 0.3 is 0 Å². The van der Waals surface area contributed by atoms with Crippen molar-refractivity contribution in [1.82, 2.24) is 39.0 Å². The topological polar surface area (TPSA) is 87.2 Å². The normalized spacial score (nSPS) is 11.5. The quantitative estimate of drug-likeness (QED) is 0.151. The minimum absolute atomic E-state index is 0.529. The molecule has 0 fully saturated rings. The largest absolute Gasteiger partial charge is 0.308 e. The summed E-state index contributed by atoms with van der Waals surface area (Å²) in [7, 11) is 0. The number of para-hydroxylation sites is 3. The number of hydrogen-bond donors (Lipinski definition) is 0. The maximum Gasteiger partial charge on any atom is 0.238 e. The third-order valence-corrected chi connectivity index (χ3v) is 12.7. The van der Waals surface area contributed by atoms with Gasteiger partial charge in [0.05, 0.1) is 27.8 Å². The molecule has 8 heteroatoms. The molecule has 13 rings (SSSR count). The summed E-state index contributed by atoms with van der Waals surface area (Å²) < 4.78 is 4.54. The second-order valence-corrected chi connectivity index (χ2v) is 16.7. The molecular weight excluding hydrogens is 833 g/mol. The molecule has 0 spiro atoms. The van der Waals surface area contributed by atoms with Crippen molar-refractivity contribution < 1.29 is 0 Å². The summed E-state index contributed by atoms with van der Waals surface area (Å²) in [5, 5.41) is 4.45. The van der Waals surface area contributed by atoms with E-state index >= 15 is 0 Å². The first-order valence-electron chi connectivity index (χ1n) is 22.6. The predicted octanol–water partition coefficient (Wildman–Crippen LogP) is 14.3. The van der Waals surface area contributed by atoms with Gasteiger partial charge in [0, 0.05) is 49.4 Å². The van der Waals surface area contributed by atoms with E-state index in [0.29, 0.717) is 35.1 Å². The fourth-order valence-corrected chi connectivity index (χ4v) is 9.45. The number of hydrogen-bond acceptors (Lipinski definition) is 6. The molecule has 8 nitrogen and oxygen atoms in total. The Morgan fingerprint density at radius 2 is 0.603 bits per heavy atom. The molecule has 0 aliphatic carbocycles. The molecule has 0 radical (unpaired) electrons. The minimum atomic E-state index is 0.529. The lowest BCUT2D eigenvalue weighted by molar-refractivity contribution is 0.953. The van der Waals surface area contributed by atoms with Crippen molar-refractivity contribution in [2.75, 3.05) is 0 Å². The first-order valence-corrected chi connectivity index (χ1v) is 22.6. The molecule has 0 bridgehead atoms. The van der Waals surface area contributed by atoms with E-state index in [0.717, 1.165) is 88.2 Å². The summed E-state index contributed by atoms with van der Waals surface area (Å²) in [6, 6.07) is 79.3. The van der Waals surface area contributed by atoms with E-state index in [9.17, 15) is 0 Å². The Bertz CT molecular complexity index is 3940. The zero-order valence-corrected chi connectivity index (χ0v) is 36.5. The van der Waals surface area contributed by atoms with Crippen LogP contribution in [0.4, 0.5) is 0 Å². The van der Waals surface area contributed by atoms with Crippen LogP contribution in [-0.2, 0) is 0 Å². The van der Waals surface area contributed by atoms with E-state index in [1.807, 2.05) is 97.1 Å². The van der Waals surface area contributed by atoms with E-state index in [1.54, 1.807) is 0 Å². The first-order chi connectivity index (χ1) is 33.7. The highest BCUT2D eigenvalue weighted by Gasteiger charge is 2.23. The molecule has 4 heterocycles. The van der Waals surface area contributed by atoms with E-state index in [-0.39, 0.29) is 0 Å². The molecule has 0 aliphatic rings. The maximum absolute atomic E-state index is 5.31. The van der Waals surface area contributed by atoms with Gasteiger partial charge in [0.2, 0.25) is 5.95 Å². The second-order valence-electron chi connectivity index (χ2n) is 16.7. The molecule has 0 saturated heterocycles. The number of benzene rings is 9. The average Bonchev–Trinajstić information content (AvgIpc) is 3.92. The van der Waals surface area contributed by atoms with Gasteiger partial charge in [-0.05, 0) is 47.5 Å². The van der Waals surface area contributed by atoms with Crippen molar-refractivity contribution in [3.8, 4) is 79.7 Å². The van der Waals surface area contributed by atoms with E-state index < -0.39 is 0 Å². The van der Waals surface area contributed by atoms with Crippen molar-refractivity contribution in [3.05, 3.63) is 231 Å². The highest BCUT2D eigenvalue weighted by atomic mass is 15.2. The summed E-state index contributed by atoms with van der Waals surface area (Å²) in [5.41, 5.74) is 11.8. The van der Waals surface area contributed by atoms with Gasteiger partial charge in [0.1, 0.15) is 0 Å². The van der Waals surface area contributed by atoms with Crippen LogP contribution in [0, 0.1) is 0 Å². The Morgan fingerprint density at radius 3 is 1.15 bits per heavy atom. The fourth-order valence-electron chi connectivity index (χ4n) is 9.45. The van der Waals surface area contributed by atoms with Gasteiger partial charge in [-0.1, -0.05) is 194 Å². The SMILES string of the molecule is c1ccc(-c2ccc(-c3nc(-c4ccccc4)nc(-n4c5ccccc5c5cc6c7ccccc7n(-c7ccccc7-c7nc(-c8ccccc8)nc(-c8ccccc8)n7)c6cc54)n3)cc2)cc1. The van der Waals surface area contributed by atoms with Crippen LogP contribution in [0.5, 0.6) is 0 Å². The molecule has 13 aromatic rings. The lowest BCUT2D eigenvalue weighted by Gasteiger charge is -2.15. The van der Waals surface area contributed by atoms with Gasteiger partial charge < -0.3 is 4.57 Å². The van der Waals surface area contributed by atoms with Gasteiger partial charge in [0.25, 0.3) is 0 Å². The zero-order valence-electron chi connectivity index (χ0n) is 36.5. The third kappa shape index (κ3) is 6.70. The molecule has 0 N–H and O–H groups in total. The Labute approximate surface area is 391 Å². The van der Waals surface area contributed by atoms with Crippen LogP contribution in [0.15, 0.2) is 231 Å². The van der Waals surface area contributed by atoms with Crippen LogP contribution in [-0.4, -0.2) is 39.0 Å². The highest BCUT2D eigenvalue weighted by Crippen LogP contribution is 2.41. The Hall–Kier alpha value is -9.40. The van der Waals surface area contributed by atoms with Crippen LogP contribution in [0.2, 0.25) is 0 Å². The summed E-state index contributed by atoms with van der Waals surface area (Å²) in [5.74, 6) is 3.51. The molecule has 4 aromatic heterocycles. The molecule has 0 unspecified atom stereocenters. The van der Waals surface area contributed by atoms with Crippen molar-refractivity contribution in [2.45, 2.75) is 0 Å². The number of fused-ring (bicyclic) bond motifs is 6. The lowest BCUT2D eigenvalue weighted by atomic mass is 10.0. The van der Waals surface area contributed by atoms with Gasteiger partial charge in [-0.2, -0.15) is 9.97 Å². The van der Waals surface area contributed by atoms with Gasteiger partial charge in [-0.3, -0.25) is 4.57 Å². The lowest BCUT2D eigenvalue weighted by Crippen LogP contribution is -2.06. The van der Waals surface area contributed by atoms with Crippen molar-refractivity contribution in [2.24, 2.45) is 0 Å². The number of rotatable bonds is 8. The molecule has 9 aromatic carbocycles. The molecular formula is C60H38N8. The molecule has 0 aliphatic heterocycles. The number of nitrogens with zero attached hydrogens (tertiary/aromatic N) is 8. The molecule has 318 valence electrons. The monoisotopic (exact) mass is 870 g/mol. The highest BCUT2D eigenvalue weighted by molar-refractivity contribution is 6.19. The number of aromatic nitrogens is 8. The Kier molecular flexibility index (Phi) is 9.31. The maximum atomic E-state index is 5.31. The minimum Gasteiger partial charge on any atom is -0.308 e. The summed E-state index contributed by atoms with van der Waals surface area (Å²) in [6.07, 6.45) is 0. The summed E-state index contributed by atoms with van der Waals surface area (Å²) in [6.45, 7) is 0. The van der Waals surface area contributed by atoms with Gasteiger partial charge in [-0.15, -0.1) is 0 Å². The molecule has 0 amide bonds. The van der Waals surface area contributed by atoms with Crippen molar-refractivity contribution in [1.29, 1.82) is 0 Å². The standard InChI is InChI=1S/C60H38N8/c1-5-19-39(20-6-1)40-33-35-44(36-34-40)58-62-57(43-25-11-4-12-26-43)65-60(66-58)68-51-31-17-14-28-46(51)49-37-48-45-27-13-16-30-50(45)67(53(48)38-54(49)68)52-32-18-15-29-47(52)59-63-55(41-21-7-2-8-22-41)61-56(64-59)42-23-9-3-10-24-42/h1-38H. The Morgan fingerprint density at radius 1 is 0.235 bits per heavy atom. The van der Waals surface area contributed by atoms with Gasteiger partial charge in [0.15, 0.2) is 29.1 Å². The predicted molar refractivity (Wildman–Crippen MR) is 275 cm³/mol. The summed E-state index contributed by atoms with van der Waals surface area (Å²) >= 11 is 0. The van der Waals surface area contributed by atoms with Crippen LogP contribution in [0.1, 0.15) is 0 Å². The van der Waals surface area contributed by atoms with Crippen LogP contribution < -0.4 is 0 Å². The zero-order chi connectivity index (χ0) is 45.0. The van der Waals surface area contributed by atoms with Crippen LogP contribution in [0.25, 0.3) is 123 Å². The summed E-state index contributed by atoms with van der Waals surface area (Å²) in [4.78, 5) is 31.1. The van der Waals surface area contributed by atoms with Crippen LogP contribution in [0.3, 0.4) is 0 Å². The molecule has 0 saturated carbocycles. The smallest absolute Gasteiger partial charge is 0.238 e. The molecule has 68 heavy (non-hydrogen) atoms. The third-order valence-electron chi connectivity index (χ3n) is 12.7. The second kappa shape index (κ2) is 16.2. The van der Waals surface area contributed by atoms with Crippen molar-refractivity contribution in [3.63, 3.8) is 0 Å². The van der Waals surface area contributed by atoms with E-state index in [2.05, 4.69) is 143 Å².